The second-order valence-electron chi connectivity index (χ2n) is 3.59. The molecule has 0 aliphatic rings. The summed E-state index contributed by atoms with van der Waals surface area (Å²) in [6.07, 6.45) is -0.261. The zero-order valence-corrected chi connectivity index (χ0v) is 8.97. The SMILES string of the molecule is CC(=O)CC(=O)C(C(N)=O)c1ccccc1. The van der Waals surface area contributed by atoms with Crippen LogP contribution in [0.1, 0.15) is 24.8 Å². The van der Waals surface area contributed by atoms with Gasteiger partial charge in [0.25, 0.3) is 0 Å². The Balaban J connectivity index is 2.97. The quantitative estimate of drug-likeness (QED) is 0.744. The molecule has 1 amide bonds. The van der Waals surface area contributed by atoms with Crippen LogP contribution in [0.3, 0.4) is 0 Å². The Morgan fingerprint density at radius 3 is 2.19 bits per heavy atom. The van der Waals surface area contributed by atoms with E-state index in [0.29, 0.717) is 5.56 Å². The van der Waals surface area contributed by atoms with Gasteiger partial charge in [0.15, 0.2) is 5.78 Å². The van der Waals surface area contributed by atoms with E-state index >= 15 is 0 Å². The lowest BCUT2D eigenvalue weighted by Gasteiger charge is -2.11. The molecule has 0 aliphatic carbocycles. The Hall–Kier alpha value is -1.97. The van der Waals surface area contributed by atoms with Crippen LogP contribution < -0.4 is 5.73 Å². The number of nitrogens with two attached hydrogens (primary N) is 1. The first-order valence-corrected chi connectivity index (χ1v) is 4.88. The Morgan fingerprint density at radius 2 is 1.75 bits per heavy atom. The maximum atomic E-state index is 11.7. The molecule has 1 unspecified atom stereocenters. The van der Waals surface area contributed by atoms with Crippen LogP contribution in [0, 0.1) is 0 Å². The molecule has 2 N–H and O–H groups in total. The summed E-state index contributed by atoms with van der Waals surface area (Å²) in [5, 5.41) is 0. The molecule has 1 atom stereocenters. The molecule has 16 heavy (non-hydrogen) atoms. The number of benzene rings is 1. The largest absolute Gasteiger partial charge is 0.369 e. The average Bonchev–Trinajstić information content (AvgIpc) is 2.17. The van der Waals surface area contributed by atoms with Crippen LogP contribution in [0.25, 0.3) is 0 Å². The highest BCUT2D eigenvalue weighted by Gasteiger charge is 2.26. The third-order valence-electron chi connectivity index (χ3n) is 2.16. The summed E-state index contributed by atoms with van der Waals surface area (Å²) < 4.78 is 0. The van der Waals surface area contributed by atoms with Crippen LogP contribution >= 0.6 is 0 Å². The van der Waals surface area contributed by atoms with Crippen molar-refractivity contribution in [2.75, 3.05) is 0 Å². The first kappa shape index (κ1) is 12.1. The molecule has 0 aromatic heterocycles. The van der Waals surface area contributed by atoms with Crippen molar-refractivity contribution in [1.82, 2.24) is 0 Å². The van der Waals surface area contributed by atoms with Crippen molar-refractivity contribution < 1.29 is 14.4 Å². The number of hydrogen-bond donors (Lipinski definition) is 1. The molecule has 0 spiro atoms. The van der Waals surface area contributed by atoms with Crippen LogP contribution in [0.5, 0.6) is 0 Å². The molecule has 0 heterocycles. The van der Waals surface area contributed by atoms with Crippen molar-refractivity contribution in [3.8, 4) is 0 Å². The molecule has 0 saturated heterocycles. The lowest BCUT2D eigenvalue weighted by atomic mass is 9.91. The third kappa shape index (κ3) is 3.02. The highest BCUT2D eigenvalue weighted by atomic mass is 16.2. The van der Waals surface area contributed by atoms with Gasteiger partial charge in [-0.25, -0.2) is 0 Å². The number of amides is 1. The fourth-order valence-electron chi connectivity index (χ4n) is 1.50. The predicted molar refractivity (Wildman–Crippen MR) is 58.7 cm³/mol. The molecule has 0 aliphatic heterocycles. The molecular formula is C12H13NO3. The van der Waals surface area contributed by atoms with Crippen LogP contribution in [-0.2, 0) is 14.4 Å². The van der Waals surface area contributed by atoms with Crippen molar-refractivity contribution in [2.45, 2.75) is 19.3 Å². The van der Waals surface area contributed by atoms with Gasteiger partial charge in [0, 0.05) is 0 Å². The van der Waals surface area contributed by atoms with E-state index in [2.05, 4.69) is 0 Å². The Labute approximate surface area is 93.4 Å². The lowest BCUT2D eigenvalue weighted by molar-refractivity contribution is -0.130. The van der Waals surface area contributed by atoms with Gasteiger partial charge in [-0.05, 0) is 12.5 Å². The summed E-state index contributed by atoms with van der Waals surface area (Å²) in [7, 11) is 0. The Bertz CT molecular complexity index is 412. The van der Waals surface area contributed by atoms with Gasteiger partial charge in [0.2, 0.25) is 5.91 Å². The van der Waals surface area contributed by atoms with Gasteiger partial charge in [-0.3, -0.25) is 14.4 Å². The second kappa shape index (κ2) is 5.21. The van der Waals surface area contributed by atoms with E-state index in [-0.39, 0.29) is 12.2 Å². The smallest absolute Gasteiger partial charge is 0.232 e. The van der Waals surface area contributed by atoms with Crippen molar-refractivity contribution in [3.63, 3.8) is 0 Å². The zero-order valence-electron chi connectivity index (χ0n) is 8.97. The number of primary amides is 1. The first-order chi connectivity index (χ1) is 7.52. The van der Waals surface area contributed by atoms with E-state index in [9.17, 15) is 14.4 Å². The minimum Gasteiger partial charge on any atom is -0.369 e. The summed E-state index contributed by atoms with van der Waals surface area (Å²) in [5.41, 5.74) is 5.70. The van der Waals surface area contributed by atoms with E-state index < -0.39 is 17.6 Å². The molecule has 0 saturated carbocycles. The molecule has 0 fully saturated rings. The highest BCUT2D eigenvalue weighted by Crippen LogP contribution is 2.17. The Morgan fingerprint density at radius 1 is 1.19 bits per heavy atom. The van der Waals surface area contributed by atoms with Crippen molar-refractivity contribution >= 4 is 17.5 Å². The molecule has 1 aromatic carbocycles. The predicted octanol–water partition coefficient (Wildman–Crippen LogP) is 0.804. The molecule has 84 valence electrons. The van der Waals surface area contributed by atoms with E-state index in [0.717, 1.165) is 0 Å². The van der Waals surface area contributed by atoms with Gasteiger partial charge >= 0.3 is 0 Å². The first-order valence-electron chi connectivity index (χ1n) is 4.88. The van der Waals surface area contributed by atoms with Gasteiger partial charge in [-0.15, -0.1) is 0 Å². The van der Waals surface area contributed by atoms with Gasteiger partial charge in [-0.1, -0.05) is 30.3 Å². The van der Waals surface area contributed by atoms with Gasteiger partial charge in [-0.2, -0.15) is 0 Å². The van der Waals surface area contributed by atoms with E-state index in [1.54, 1.807) is 30.3 Å². The molecule has 1 rings (SSSR count). The molecule has 0 radical (unpaired) electrons. The minimum absolute atomic E-state index is 0.261. The molecule has 4 nitrogen and oxygen atoms in total. The second-order valence-corrected chi connectivity index (χ2v) is 3.59. The summed E-state index contributed by atoms with van der Waals surface area (Å²) in [6, 6.07) is 8.50. The van der Waals surface area contributed by atoms with E-state index in [4.69, 9.17) is 5.73 Å². The summed E-state index contributed by atoms with van der Waals surface area (Å²) in [5.74, 6) is -2.47. The van der Waals surface area contributed by atoms with Crippen molar-refractivity contribution in [1.29, 1.82) is 0 Å². The summed E-state index contributed by atoms with van der Waals surface area (Å²) >= 11 is 0. The van der Waals surface area contributed by atoms with E-state index in [1.165, 1.54) is 6.92 Å². The van der Waals surface area contributed by atoms with Crippen LogP contribution in [-0.4, -0.2) is 17.5 Å². The van der Waals surface area contributed by atoms with Crippen LogP contribution in [0.4, 0.5) is 0 Å². The van der Waals surface area contributed by atoms with Gasteiger partial charge in [0.1, 0.15) is 11.7 Å². The number of carbonyl (C=O) groups excluding carboxylic acids is 3. The topological polar surface area (TPSA) is 77.2 Å². The number of ketones is 2. The third-order valence-corrected chi connectivity index (χ3v) is 2.16. The standard InChI is InChI=1S/C12H13NO3/c1-8(14)7-10(15)11(12(13)16)9-5-3-2-4-6-9/h2-6,11H,7H2,1H3,(H2,13,16). The molecule has 4 heteroatoms. The normalized spacial score (nSPS) is 11.8. The summed E-state index contributed by atoms with van der Waals surface area (Å²) in [4.78, 5) is 33.7. The fraction of sp³-hybridized carbons (Fsp3) is 0.250. The maximum absolute atomic E-state index is 11.7. The fourth-order valence-corrected chi connectivity index (χ4v) is 1.50. The number of carbonyl (C=O) groups is 3. The summed E-state index contributed by atoms with van der Waals surface area (Å²) in [6.45, 7) is 1.31. The minimum atomic E-state index is -1.02. The molecule has 1 aromatic rings. The van der Waals surface area contributed by atoms with Crippen LogP contribution in [0.15, 0.2) is 30.3 Å². The van der Waals surface area contributed by atoms with Crippen molar-refractivity contribution in [2.24, 2.45) is 5.73 Å². The Kier molecular flexibility index (Phi) is 3.94. The van der Waals surface area contributed by atoms with E-state index in [1.807, 2.05) is 0 Å². The molecule has 0 bridgehead atoms. The van der Waals surface area contributed by atoms with Crippen LogP contribution in [0.2, 0.25) is 0 Å². The zero-order chi connectivity index (χ0) is 12.1. The number of rotatable bonds is 5. The monoisotopic (exact) mass is 219 g/mol. The average molecular weight is 219 g/mol. The molecular weight excluding hydrogens is 206 g/mol. The van der Waals surface area contributed by atoms with Gasteiger partial charge in [0.05, 0.1) is 6.42 Å². The number of hydrogen-bond acceptors (Lipinski definition) is 3. The van der Waals surface area contributed by atoms with Crippen molar-refractivity contribution in [3.05, 3.63) is 35.9 Å². The highest BCUT2D eigenvalue weighted by molar-refractivity contribution is 6.11. The maximum Gasteiger partial charge on any atom is 0.232 e. The lowest BCUT2D eigenvalue weighted by Crippen LogP contribution is -2.29. The van der Waals surface area contributed by atoms with Gasteiger partial charge < -0.3 is 5.73 Å². The number of Topliss-reactive ketones (excluding diaryl/α,β-unsaturated/α-hetero) is 2.